The maximum absolute atomic E-state index is 12.9. The first kappa shape index (κ1) is 13.0. The van der Waals surface area contributed by atoms with Crippen molar-refractivity contribution in [3.05, 3.63) is 63.3 Å². The molecule has 2 heterocycles. The number of hydrogen-bond donors (Lipinski definition) is 0. The number of aryl methyl sites for hydroxylation is 2. The second kappa shape index (κ2) is 4.83. The summed E-state index contributed by atoms with van der Waals surface area (Å²) >= 11 is 1.35. The van der Waals surface area contributed by atoms with E-state index < -0.39 is 0 Å². The molecule has 0 radical (unpaired) electrons. The van der Waals surface area contributed by atoms with E-state index in [4.69, 9.17) is 0 Å². The average Bonchev–Trinajstić information content (AvgIpc) is 2.69. The summed E-state index contributed by atoms with van der Waals surface area (Å²) in [5, 5.41) is 0.683. The smallest absolute Gasteiger partial charge is 0.268 e. The number of fused-ring (bicyclic) bond motifs is 1. The van der Waals surface area contributed by atoms with Crippen LogP contribution in [-0.2, 0) is 6.54 Å². The normalized spacial score (nSPS) is 11.2. The van der Waals surface area contributed by atoms with E-state index in [0.29, 0.717) is 11.9 Å². The van der Waals surface area contributed by atoms with Gasteiger partial charge in [-0.1, -0.05) is 12.1 Å². The lowest BCUT2D eigenvalue weighted by Gasteiger charge is -2.00. The van der Waals surface area contributed by atoms with Crippen LogP contribution >= 0.6 is 11.5 Å². The lowest BCUT2D eigenvalue weighted by atomic mass is 10.2. The molecule has 0 N–H and O–H groups in total. The lowest BCUT2D eigenvalue weighted by Crippen LogP contribution is -2.14. The van der Waals surface area contributed by atoms with E-state index in [1.165, 1.54) is 23.7 Å². The monoisotopic (exact) mass is 288 g/mol. The van der Waals surface area contributed by atoms with Crippen molar-refractivity contribution in [2.45, 2.75) is 20.4 Å². The minimum atomic E-state index is -0.273. The highest BCUT2D eigenvalue weighted by Gasteiger charge is 2.12. The van der Waals surface area contributed by atoms with E-state index in [1.807, 2.05) is 19.9 Å². The van der Waals surface area contributed by atoms with Gasteiger partial charge >= 0.3 is 0 Å². The molecule has 0 fully saturated rings. The molecule has 20 heavy (non-hydrogen) atoms. The Morgan fingerprint density at radius 3 is 2.65 bits per heavy atom. The number of rotatable bonds is 2. The molecular formula is C15H13FN2OS. The highest BCUT2D eigenvalue weighted by molar-refractivity contribution is 7.13. The van der Waals surface area contributed by atoms with E-state index >= 15 is 0 Å². The standard InChI is InChI=1S/C15H13FN2OS/c1-9-7-10(2)17-14-13(9)15(19)18(20-14)8-11-3-5-12(16)6-4-11/h3-7H,8H2,1-2H3. The van der Waals surface area contributed by atoms with E-state index in [9.17, 15) is 9.18 Å². The number of nitrogens with zero attached hydrogens (tertiary/aromatic N) is 2. The molecule has 3 aromatic rings. The SMILES string of the molecule is Cc1cc(C)c2c(=O)n(Cc3ccc(F)cc3)sc2n1. The van der Waals surface area contributed by atoms with Gasteiger partial charge in [0, 0.05) is 5.69 Å². The van der Waals surface area contributed by atoms with Gasteiger partial charge in [0.25, 0.3) is 5.56 Å². The van der Waals surface area contributed by atoms with Crippen LogP contribution in [0.3, 0.4) is 0 Å². The molecule has 3 rings (SSSR count). The van der Waals surface area contributed by atoms with Crippen LogP contribution in [-0.4, -0.2) is 8.94 Å². The van der Waals surface area contributed by atoms with Gasteiger partial charge in [-0.25, -0.2) is 9.37 Å². The van der Waals surface area contributed by atoms with Gasteiger partial charge < -0.3 is 0 Å². The second-order valence-electron chi connectivity index (χ2n) is 4.82. The van der Waals surface area contributed by atoms with Gasteiger partial charge in [-0.2, -0.15) is 0 Å². The predicted octanol–water partition coefficient (Wildman–Crippen LogP) is 3.26. The Kier molecular flexibility index (Phi) is 3.14. The summed E-state index contributed by atoms with van der Waals surface area (Å²) in [5.41, 5.74) is 2.73. The van der Waals surface area contributed by atoms with Gasteiger partial charge in [-0.15, -0.1) is 0 Å². The molecule has 0 spiro atoms. The third-order valence-electron chi connectivity index (χ3n) is 3.19. The summed E-state index contributed by atoms with van der Waals surface area (Å²) in [7, 11) is 0. The number of hydrogen-bond acceptors (Lipinski definition) is 3. The predicted molar refractivity (Wildman–Crippen MR) is 78.9 cm³/mol. The molecule has 3 nitrogen and oxygen atoms in total. The Balaban J connectivity index is 2.08. The summed E-state index contributed by atoms with van der Waals surface area (Å²) in [6.45, 7) is 4.28. The fourth-order valence-electron chi connectivity index (χ4n) is 2.26. The van der Waals surface area contributed by atoms with Crippen molar-refractivity contribution in [2.75, 3.05) is 0 Å². The maximum Gasteiger partial charge on any atom is 0.270 e. The summed E-state index contributed by atoms with van der Waals surface area (Å²) in [6, 6.07) is 8.11. The molecular weight excluding hydrogens is 275 g/mol. The number of halogens is 1. The molecule has 102 valence electrons. The fourth-order valence-corrected chi connectivity index (χ4v) is 3.38. The quantitative estimate of drug-likeness (QED) is 0.725. The van der Waals surface area contributed by atoms with Crippen LogP contribution in [0, 0.1) is 19.7 Å². The highest BCUT2D eigenvalue weighted by atomic mass is 32.1. The average molecular weight is 288 g/mol. The number of aromatic nitrogens is 2. The number of pyridine rings is 1. The molecule has 0 aliphatic rings. The minimum Gasteiger partial charge on any atom is -0.268 e. The molecule has 0 saturated heterocycles. The van der Waals surface area contributed by atoms with Crippen LogP contribution in [0.2, 0.25) is 0 Å². The Morgan fingerprint density at radius 2 is 1.95 bits per heavy atom. The summed E-state index contributed by atoms with van der Waals surface area (Å²) in [5.74, 6) is -0.273. The topological polar surface area (TPSA) is 34.9 Å². The zero-order valence-corrected chi connectivity index (χ0v) is 12.0. The first-order chi connectivity index (χ1) is 9.54. The van der Waals surface area contributed by atoms with Gasteiger partial charge in [0.1, 0.15) is 10.6 Å². The third kappa shape index (κ3) is 2.25. The molecule has 0 aliphatic carbocycles. The maximum atomic E-state index is 12.9. The van der Waals surface area contributed by atoms with Gasteiger partial charge in [0.05, 0.1) is 11.9 Å². The first-order valence-corrected chi connectivity index (χ1v) is 7.04. The van der Waals surface area contributed by atoms with E-state index in [-0.39, 0.29) is 11.4 Å². The largest absolute Gasteiger partial charge is 0.270 e. The molecule has 0 atom stereocenters. The van der Waals surface area contributed by atoms with Crippen molar-refractivity contribution in [1.29, 1.82) is 0 Å². The molecule has 2 aromatic heterocycles. The van der Waals surface area contributed by atoms with Gasteiger partial charge in [-0.05, 0) is 54.7 Å². The van der Waals surface area contributed by atoms with Crippen LogP contribution in [0.1, 0.15) is 16.8 Å². The highest BCUT2D eigenvalue weighted by Crippen LogP contribution is 2.19. The minimum absolute atomic E-state index is 0.0284. The van der Waals surface area contributed by atoms with Gasteiger partial charge in [0.15, 0.2) is 0 Å². The molecule has 0 bridgehead atoms. The zero-order valence-electron chi connectivity index (χ0n) is 11.2. The Morgan fingerprint density at radius 1 is 1.25 bits per heavy atom. The molecule has 0 saturated carbocycles. The van der Waals surface area contributed by atoms with Crippen LogP contribution in [0.4, 0.5) is 4.39 Å². The Bertz CT molecular complexity index is 833. The Labute approximate surface area is 119 Å². The molecule has 1 aromatic carbocycles. The summed E-state index contributed by atoms with van der Waals surface area (Å²) < 4.78 is 14.6. The van der Waals surface area contributed by atoms with Gasteiger partial charge in [0.2, 0.25) is 0 Å². The van der Waals surface area contributed by atoms with Crippen LogP contribution in [0.5, 0.6) is 0 Å². The number of benzene rings is 1. The molecule has 0 unspecified atom stereocenters. The van der Waals surface area contributed by atoms with E-state index in [2.05, 4.69) is 4.98 Å². The van der Waals surface area contributed by atoms with Crippen molar-refractivity contribution in [3.8, 4) is 0 Å². The second-order valence-corrected chi connectivity index (χ2v) is 5.83. The molecule has 0 amide bonds. The van der Waals surface area contributed by atoms with E-state index in [1.54, 1.807) is 16.1 Å². The molecule has 0 aliphatic heterocycles. The van der Waals surface area contributed by atoms with Crippen LogP contribution in [0.25, 0.3) is 10.2 Å². The van der Waals surface area contributed by atoms with Crippen molar-refractivity contribution >= 4 is 21.7 Å². The van der Waals surface area contributed by atoms with E-state index in [0.717, 1.165) is 21.7 Å². The summed E-state index contributed by atoms with van der Waals surface area (Å²) in [6.07, 6.45) is 0. The van der Waals surface area contributed by atoms with Crippen LogP contribution in [0.15, 0.2) is 35.1 Å². The van der Waals surface area contributed by atoms with Crippen molar-refractivity contribution in [1.82, 2.24) is 8.94 Å². The molecule has 5 heteroatoms. The lowest BCUT2D eigenvalue weighted by molar-refractivity contribution is 0.626. The first-order valence-electron chi connectivity index (χ1n) is 6.27. The van der Waals surface area contributed by atoms with Crippen molar-refractivity contribution < 1.29 is 4.39 Å². The summed E-state index contributed by atoms with van der Waals surface area (Å²) in [4.78, 5) is 17.6. The zero-order chi connectivity index (χ0) is 14.3. The van der Waals surface area contributed by atoms with Crippen molar-refractivity contribution in [2.24, 2.45) is 0 Å². The van der Waals surface area contributed by atoms with Gasteiger partial charge in [-0.3, -0.25) is 8.75 Å². The van der Waals surface area contributed by atoms with Crippen LogP contribution < -0.4 is 5.56 Å². The Hall–Kier alpha value is -2.01. The fraction of sp³-hybridized carbons (Fsp3) is 0.200. The van der Waals surface area contributed by atoms with Crippen molar-refractivity contribution in [3.63, 3.8) is 0 Å². The third-order valence-corrected chi connectivity index (χ3v) is 4.17.